The van der Waals surface area contributed by atoms with Gasteiger partial charge < -0.3 is 5.11 Å². The van der Waals surface area contributed by atoms with Gasteiger partial charge in [0.05, 0.1) is 6.10 Å². The van der Waals surface area contributed by atoms with E-state index in [-0.39, 0.29) is 6.10 Å². The average Bonchev–Trinajstić information content (AvgIpc) is 3.02. The summed E-state index contributed by atoms with van der Waals surface area (Å²) in [6.45, 7) is 1.93. The van der Waals surface area contributed by atoms with Gasteiger partial charge in [-0.25, -0.2) is 0 Å². The molecule has 2 fully saturated rings. The predicted octanol–water partition coefficient (Wildman–Crippen LogP) is 4.12. The fourth-order valence-corrected chi connectivity index (χ4v) is 4.21. The smallest absolute Gasteiger partial charge is 0.0583 e. The van der Waals surface area contributed by atoms with Crippen LogP contribution in [0.2, 0.25) is 10.0 Å². The Morgan fingerprint density at radius 2 is 2.00 bits per heavy atom. The standard InChI is InChI=1S/C16H21Cl2NO/c17-12-6-7-14(18)11(9-12)10-19-8-2-4-15(19)13-3-1-5-16(13)20/h6-7,9,13,15-16,20H,1-5,8,10H2. The summed E-state index contributed by atoms with van der Waals surface area (Å²) in [5.74, 6) is 0.440. The molecule has 110 valence electrons. The minimum absolute atomic E-state index is 0.115. The molecule has 0 amide bonds. The van der Waals surface area contributed by atoms with Gasteiger partial charge in [0.2, 0.25) is 0 Å². The Labute approximate surface area is 130 Å². The van der Waals surface area contributed by atoms with Crippen molar-refractivity contribution in [1.29, 1.82) is 0 Å². The van der Waals surface area contributed by atoms with Crippen LogP contribution in [-0.4, -0.2) is 28.7 Å². The van der Waals surface area contributed by atoms with Gasteiger partial charge >= 0.3 is 0 Å². The number of hydrogen-bond acceptors (Lipinski definition) is 2. The molecule has 3 atom stereocenters. The second-order valence-corrected chi connectivity index (χ2v) is 6.92. The van der Waals surface area contributed by atoms with Gasteiger partial charge in [0, 0.05) is 28.5 Å². The fourth-order valence-electron chi connectivity index (χ4n) is 3.83. The van der Waals surface area contributed by atoms with Crippen LogP contribution >= 0.6 is 23.2 Å². The quantitative estimate of drug-likeness (QED) is 0.907. The normalized spacial score (nSPS) is 31.1. The molecule has 1 aromatic rings. The number of aliphatic hydroxyl groups excluding tert-OH is 1. The Balaban J connectivity index is 1.74. The maximum absolute atomic E-state index is 10.2. The molecule has 4 heteroatoms. The third-order valence-corrected chi connectivity index (χ3v) is 5.43. The van der Waals surface area contributed by atoms with Gasteiger partial charge in [-0.1, -0.05) is 29.6 Å². The molecule has 1 saturated carbocycles. The maximum Gasteiger partial charge on any atom is 0.0583 e. The van der Waals surface area contributed by atoms with Crippen molar-refractivity contribution in [2.75, 3.05) is 6.54 Å². The molecule has 1 N–H and O–H groups in total. The lowest BCUT2D eigenvalue weighted by atomic mass is 9.94. The summed E-state index contributed by atoms with van der Waals surface area (Å²) in [4.78, 5) is 2.48. The van der Waals surface area contributed by atoms with Gasteiger partial charge in [0.1, 0.15) is 0 Å². The molecule has 0 radical (unpaired) electrons. The molecule has 1 aliphatic heterocycles. The monoisotopic (exact) mass is 313 g/mol. The molecule has 3 rings (SSSR count). The van der Waals surface area contributed by atoms with Crippen molar-refractivity contribution in [3.05, 3.63) is 33.8 Å². The third-order valence-electron chi connectivity index (χ3n) is 4.82. The minimum atomic E-state index is -0.115. The molecule has 2 aliphatic rings. The summed E-state index contributed by atoms with van der Waals surface area (Å²) < 4.78 is 0. The molecule has 0 aromatic heterocycles. The van der Waals surface area contributed by atoms with E-state index in [0.29, 0.717) is 12.0 Å². The number of nitrogens with zero attached hydrogens (tertiary/aromatic N) is 1. The van der Waals surface area contributed by atoms with Gasteiger partial charge in [0.15, 0.2) is 0 Å². The largest absolute Gasteiger partial charge is 0.393 e. The van der Waals surface area contributed by atoms with Crippen LogP contribution in [-0.2, 0) is 6.54 Å². The second-order valence-electron chi connectivity index (χ2n) is 6.08. The zero-order chi connectivity index (χ0) is 14.1. The molecule has 1 saturated heterocycles. The lowest BCUT2D eigenvalue weighted by Crippen LogP contribution is -2.38. The number of likely N-dealkylation sites (tertiary alicyclic amines) is 1. The highest BCUT2D eigenvalue weighted by molar-refractivity contribution is 6.33. The van der Waals surface area contributed by atoms with Crippen molar-refractivity contribution in [1.82, 2.24) is 4.90 Å². The van der Waals surface area contributed by atoms with E-state index in [0.717, 1.165) is 48.0 Å². The minimum Gasteiger partial charge on any atom is -0.393 e. The first-order valence-electron chi connectivity index (χ1n) is 7.51. The summed E-state index contributed by atoms with van der Waals surface area (Å²) in [7, 11) is 0. The van der Waals surface area contributed by atoms with Crippen LogP contribution in [0.3, 0.4) is 0 Å². The van der Waals surface area contributed by atoms with Crippen LogP contribution in [0.5, 0.6) is 0 Å². The summed E-state index contributed by atoms with van der Waals surface area (Å²) in [5.41, 5.74) is 1.10. The molecule has 1 heterocycles. The zero-order valence-corrected chi connectivity index (χ0v) is 13.1. The van der Waals surface area contributed by atoms with E-state index in [2.05, 4.69) is 4.90 Å². The van der Waals surface area contributed by atoms with Crippen LogP contribution in [0, 0.1) is 5.92 Å². The van der Waals surface area contributed by atoms with Crippen molar-refractivity contribution in [3.8, 4) is 0 Å². The fraction of sp³-hybridized carbons (Fsp3) is 0.625. The molecular formula is C16H21Cl2NO. The van der Waals surface area contributed by atoms with Crippen molar-refractivity contribution in [2.45, 2.75) is 50.8 Å². The summed E-state index contributed by atoms with van der Waals surface area (Å²) in [5, 5.41) is 11.7. The Morgan fingerprint density at radius 3 is 2.75 bits per heavy atom. The Morgan fingerprint density at radius 1 is 1.15 bits per heavy atom. The topological polar surface area (TPSA) is 23.5 Å². The van der Waals surface area contributed by atoms with Gasteiger partial charge in [-0.15, -0.1) is 0 Å². The number of hydrogen-bond donors (Lipinski definition) is 1. The Hall–Kier alpha value is -0.280. The number of rotatable bonds is 3. The van der Waals surface area contributed by atoms with Crippen LogP contribution < -0.4 is 0 Å². The zero-order valence-electron chi connectivity index (χ0n) is 11.6. The molecule has 0 bridgehead atoms. The lowest BCUT2D eigenvalue weighted by Gasteiger charge is -2.31. The summed E-state index contributed by atoms with van der Waals surface area (Å²) >= 11 is 12.3. The molecule has 3 unspecified atom stereocenters. The molecule has 2 nitrogen and oxygen atoms in total. The third kappa shape index (κ3) is 2.99. The molecular weight excluding hydrogens is 293 g/mol. The maximum atomic E-state index is 10.2. The van der Waals surface area contributed by atoms with Crippen LogP contribution in [0.15, 0.2) is 18.2 Å². The van der Waals surface area contributed by atoms with Crippen LogP contribution in [0.1, 0.15) is 37.7 Å². The van der Waals surface area contributed by atoms with Gasteiger partial charge in [-0.05, 0) is 56.0 Å². The van der Waals surface area contributed by atoms with E-state index < -0.39 is 0 Å². The van der Waals surface area contributed by atoms with E-state index in [1.807, 2.05) is 18.2 Å². The lowest BCUT2D eigenvalue weighted by molar-refractivity contribution is 0.0719. The first-order valence-corrected chi connectivity index (χ1v) is 8.27. The highest BCUT2D eigenvalue weighted by Crippen LogP contribution is 2.37. The first-order chi connectivity index (χ1) is 9.65. The van der Waals surface area contributed by atoms with E-state index >= 15 is 0 Å². The van der Waals surface area contributed by atoms with Crippen molar-refractivity contribution in [3.63, 3.8) is 0 Å². The Bertz CT molecular complexity index is 480. The van der Waals surface area contributed by atoms with E-state index in [1.54, 1.807) is 0 Å². The first kappa shape index (κ1) is 14.6. The van der Waals surface area contributed by atoms with E-state index in [1.165, 1.54) is 12.8 Å². The number of aliphatic hydroxyl groups is 1. The van der Waals surface area contributed by atoms with Gasteiger partial charge in [-0.3, -0.25) is 4.90 Å². The highest BCUT2D eigenvalue weighted by Gasteiger charge is 2.38. The molecule has 0 spiro atoms. The average molecular weight is 314 g/mol. The molecule has 20 heavy (non-hydrogen) atoms. The molecule has 1 aliphatic carbocycles. The van der Waals surface area contributed by atoms with Crippen molar-refractivity contribution in [2.24, 2.45) is 5.92 Å². The highest BCUT2D eigenvalue weighted by atomic mass is 35.5. The predicted molar refractivity (Wildman–Crippen MR) is 83.2 cm³/mol. The second kappa shape index (κ2) is 6.23. The van der Waals surface area contributed by atoms with Crippen LogP contribution in [0.4, 0.5) is 0 Å². The number of halogens is 2. The summed E-state index contributed by atoms with van der Waals surface area (Å²) in [6.07, 6.45) is 5.58. The van der Waals surface area contributed by atoms with Gasteiger partial charge in [-0.2, -0.15) is 0 Å². The van der Waals surface area contributed by atoms with E-state index in [4.69, 9.17) is 23.2 Å². The number of benzene rings is 1. The van der Waals surface area contributed by atoms with Gasteiger partial charge in [0.25, 0.3) is 0 Å². The Kier molecular flexibility index (Phi) is 4.56. The molecule has 1 aromatic carbocycles. The van der Waals surface area contributed by atoms with Crippen LogP contribution in [0.25, 0.3) is 0 Å². The summed E-state index contributed by atoms with van der Waals surface area (Å²) in [6, 6.07) is 6.16. The van der Waals surface area contributed by atoms with Crippen molar-refractivity contribution >= 4 is 23.2 Å². The van der Waals surface area contributed by atoms with E-state index in [9.17, 15) is 5.11 Å². The SMILES string of the molecule is OC1CCCC1C1CCCN1Cc1cc(Cl)ccc1Cl. The van der Waals surface area contributed by atoms with Crippen molar-refractivity contribution < 1.29 is 5.11 Å².